The molecule has 0 saturated heterocycles. The fourth-order valence-corrected chi connectivity index (χ4v) is 2.77. The maximum absolute atomic E-state index is 13.6. The van der Waals surface area contributed by atoms with E-state index in [2.05, 4.69) is 9.97 Å². The number of aromatic nitrogens is 2. The van der Waals surface area contributed by atoms with Crippen molar-refractivity contribution in [2.24, 2.45) is 0 Å². The molecule has 5 nitrogen and oxygen atoms in total. The molecule has 0 N–H and O–H groups in total. The van der Waals surface area contributed by atoms with E-state index in [4.69, 9.17) is 9.47 Å². The third-order valence-corrected chi connectivity index (χ3v) is 4.22. The lowest BCUT2D eigenvalue weighted by atomic mass is 10.2. The van der Waals surface area contributed by atoms with Crippen molar-refractivity contribution in [1.29, 1.82) is 0 Å². The Morgan fingerprint density at radius 3 is 2.28 bits per heavy atom. The Kier molecular flexibility index (Phi) is 6.21. The van der Waals surface area contributed by atoms with Gasteiger partial charge in [-0.2, -0.15) is 18.2 Å². The Hall–Kier alpha value is -3.29. The maximum atomic E-state index is 13.6. The summed E-state index contributed by atoms with van der Waals surface area (Å²) in [6.07, 6.45) is -3.85. The highest BCUT2D eigenvalue weighted by atomic mass is 19.4. The first kappa shape index (κ1) is 20.4. The molecule has 0 spiro atoms. The number of anilines is 2. The van der Waals surface area contributed by atoms with Crippen molar-refractivity contribution in [3.8, 4) is 11.8 Å². The minimum Gasteiger partial charge on any atom is -0.497 e. The molecule has 0 aliphatic heterocycles. The lowest BCUT2D eigenvalue weighted by molar-refractivity contribution is -0.137. The molecule has 0 atom stereocenters. The molecule has 0 aliphatic carbocycles. The molecule has 8 heteroatoms. The van der Waals surface area contributed by atoms with Crippen LogP contribution >= 0.6 is 0 Å². The van der Waals surface area contributed by atoms with Crippen LogP contribution in [0.1, 0.15) is 18.1 Å². The lowest BCUT2D eigenvalue weighted by Gasteiger charge is -2.25. The molecule has 152 valence electrons. The summed E-state index contributed by atoms with van der Waals surface area (Å²) < 4.78 is 51.4. The van der Waals surface area contributed by atoms with E-state index >= 15 is 0 Å². The Labute approximate surface area is 166 Å². The molecule has 0 radical (unpaired) electrons. The average Bonchev–Trinajstić information content (AvgIpc) is 2.73. The SMILES string of the molecule is CCN(c1ccc(OC)cc1)c1nc(OCc2ccccc2)ncc1C(F)(F)F. The van der Waals surface area contributed by atoms with Crippen molar-refractivity contribution in [3.63, 3.8) is 0 Å². The van der Waals surface area contributed by atoms with Crippen molar-refractivity contribution in [1.82, 2.24) is 9.97 Å². The predicted octanol–water partition coefficient (Wildman–Crippen LogP) is 5.24. The van der Waals surface area contributed by atoms with Crippen LogP contribution in [0.5, 0.6) is 11.8 Å². The topological polar surface area (TPSA) is 47.5 Å². The van der Waals surface area contributed by atoms with E-state index in [0.717, 1.165) is 11.8 Å². The van der Waals surface area contributed by atoms with Crippen LogP contribution in [-0.4, -0.2) is 23.6 Å². The van der Waals surface area contributed by atoms with Gasteiger partial charge in [-0.3, -0.25) is 0 Å². The molecule has 0 fully saturated rings. The van der Waals surface area contributed by atoms with Gasteiger partial charge in [0.25, 0.3) is 0 Å². The van der Waals surface area contributed by atoms with Crippen molar-refractivity contribution in [2.75, 3.05) is 18.6 Å². The van der Waals surface area contributed by atoms with Crippen LogP contribution in [0.15, 0.2) is 60.8 Å². The molecule has 0 amide bonds. The summed E-state index contributed by atoms with van der Waals surface area (Å²) >= 11 is 0. The highest BCUT2D eigenvalue weighted by molar-refractivity contribution is 5.64. The molecule has 3 rings (SSSR count). The maximum Gasteiger partial charge on any atom is 0.421 e. The predicted molar refractivity (Wildman–Crippen MR) is 103 cm³/mol. The lowest BCUT2D eigenvalue weighted by Crippen LogP contribution is -2.23. The van der Waals surface area contributed by atoms with Crippen molar-refractivity contribution in [3.05, 3.63) is 71.9 Å². The Bertz CT molecular complexity index is 932. The summed E-state index contributed by atoms with van der Waals surface area (Å²) in [5.41, 5.74) is 0.480. The Morgan fingerprint density at radius 2 is 1.69 bits per heavy atom. The van der Waals surface area contributed by atoms with Gasteiger partial charge in [-0.05, 0) is 36.8 Å². The molecule has 0 unspecified atom stereocenters. The Balaban J connectivity index is 1.95. The number of hydrogen-bond donors (Lipinski definition) is 0. The normalized spacial score (nSPS) is 11.2. The van der Waals surface area contributed by atoms with Gasteiger partial charge < -0.3 is 14.4 Å². The van der Waals surface area contributed by atoms with E-state index in [1.165, 1.54) is 12.0 Å². The molecule has 1 aromatic heterocycles. The van der Waals surface area contributed by atoms with Crippen molar-refractivity contribution < 1.29 is 22.6 Å². The van der Waals surface area contributed by atoms with Crippen molar-refractivity contribution in [2.45, 2.75) is 19.7 Å². The van der Waals surface area contributed by atoms with Crippen LogP contribution in [0.2, 0.25) is 0 Å². The quantitative estimate of drug-likeness (QED) is 0.540. The third-order valence-electron chi connectivity index (χ3n) is 4.22. The van der Waals surface area contributed by atoms with Gasteiger partial charge >= 0.3 is 12.2 Å². The van der Waals surface area contributed by atoms with Crippen LogP contribution in [0, 0.1) is 0 Å². The summed E-state index contributed by atoms with van der Waals surface area (Å²) in [5.74, 6) is 0.346. The number of methoxy groups -OCH3 is 1. The fraction of sp³-hybridized carbons (Fsp3) is 0.238. The molecule has 0 saturated carbocycles. The van der Waals surface area contributed by atoms with Gasteiger partial charge in [0.1, 0.15) is 17.9 Å². The zero-order valence-electron chi connectivity index (χ0n) is 16.0. The first-order chi connectivity index (χ1) is 13.9. The second kappa shape index (κ2) is 8.81. The van der Waals surface area contributed by atoms with Crippen LogP contribution < -0.4 is 14.4 Å². The number of benzene rings is 2. The molecule has 3 aromatic rings. The highest BCUT2D eigenvalue weighted by Gasteiger charge is 2.37. The highest BCUT2D eigenvalue weighted by Crippen LogP contribution is 2.38. The molecule has 0 aliphatic rings. The van der Waals surface area contributed by atoms with Gasteiger partial charge in [-0.1, -0.05) is 30.3 Å². The summed E-state index contributed by atoms with van der Waals surface area (Å²) in [5, 5.41) is 0. The van der Waals surface area contributed by atoms with E-state index in [-0.39, 0.29) is 25.0 Å². The molecular weight excluding hydrogens is 383 g/mol. The van der Waals surface area contributed by atoms with Crippen LogP contribution in [0.4, 0.5) is 24.7 Å². The van der Waals surface area contributed by atoms with Gasteiger partial charge in [0, 0.05) is 18.4 Å². The van der Waals surface area contributed by atoms with Crippen LogP contribution in [0.3, 0.4) is 0 Å². The second-order valence-electron chi connectivity index (χ2n) is 6.10. The van der Waals surface area contributed by atoms with E-state index < -0.39 is 11.7 Å². The van der Waals surface area contributed by atoms with Crippen LogP contribution in [0.25, 0.3) is 0 Å². The largest absolute Gasteiger partial charge is 0.497 e. The van der Waals surface area contributed by atoms with Crippen molar-refractivity contribution >= 4 is 11.5 Å². The van der Waals surface area contributed by atoms with Crippen LogP contribution in [-0.2, 0) is 12.8 Å². The molecule has 2 aromatic carbocycles. The smallest absolute Gasteiger partial charge is 0.421 e. The molecule has 0 bridgehead atoms. The minimum absolute atomic E-state index is 0.121. The number of alkyl halides is 3. The molecule has 29 heavy (non-hydrogen) atoms. The fourth-order valence-electron chi connectivity index (χ4n) is 2.77. The van der Waals surface area contributed by atoms with Gasteiger partial charge in [-0.15, -0.1) is 0 Å². The van der Waals surface area contributed by atoms with E-state index in [1.807, 2.05) is 30.3 Å². The van der Waals surface area contributed by atoms with E-state index in [1.54, 1.807) is 31.2 Å². The average molecular weight is 403 g/mol. The second-order valence-corrected chi connectivity index (χ2v) is 6.10. The standard InChI is InChI=1S/C21H20F3N3O2/c1-3-27(16-9-11-17(28-2)12-10-16)19-18(21(22,23)24)13-25-20(26-19)29-14-15-7-5-4-6-8-15/h4-13H,3,14H2,1-2H3. The monoisotopic (exact) mass is 403 g/mol. The molecular formula is C21H20F3N3O2. The first-order valence-electron chi connectivity index (χ1n) is 8.95. The number of nitrogens with zero attached hydrogens (tertiary/aromatic N) is 3. The third kappa shape index (κ3) is 4.96. The van der Waals surface area contributed by atoms with Gasteiger partial charge in [0.05, 0.1) is 7.11 Å². The van der Waals surface area contributed by atoms with Gasteiger partial charge in [-0.25, -0.2) is 4.98 Å². The number of hydrogen-bond acceptors (Lipinski definition) is 5. The minimum atomic E-state index is -4.60. The number of halogens is 3. The Morgan fingerprint density at radius 1 is 1.00 bits per heavy atom. The van der Waals surface area contributed by atoms with Gasteiger partial charge in [0.2, 0.25) is 0 Å². The van der Waals surface area contributed by atoms with Gasteiger partial charge in [0.15, 0.2) is 5.82 Å². The summed E-state index contributed by atoms with van der Waals surface area (Å²) in [6, 6.07) is 15.8. The first-order valence-corrected chi connectivity index (χ1v) is 8.95. The number of rotatable bonds is 7. The summed E-state index contributed by atoms with van der Waals surface area (Å²) in [7, 11) is 1.52. The summed E-state index contributed by atoms with van der Waals surface area (Å²) in [4.78, 5) is 9.30. The zero-order valence-corrected chi connectivity index (χ0v) is 16.0. The number of ether oxygens (including phenoxy) is 2. The van der Waals surface area contributed by atoms with E-state index in [0.29, 0.717) is 11.4 Å². The zero-order chi connectivity index (χ0) is 20.9. The molecule has 1 heterocycles. The van der Waals surface area contributed by atoms with E-state index in [9.17, 15) is 13.2 Å². The summed E-state index contributed by atoms with van der Waals surface area (Å²) in [6.45, 7) is 2.17.